The predicted octanol–water partition coefficient (Wildman–Crippen LogP) is 2.82. The van der Waals surface area contributed by atoms with Gasteiger partial charge in [-0.1, -0.05) is 12.1 Å². The first kappa shape index (κ1) is 12.4. The van der Waals surface area contributed by atoms with Crippen molar-refractivity contribution in [3.05, 3.63) is 29.8 Å². The van der Waals surface area contributed by atoms with Crippen LogP contribution in [0.25, 0.3) is 0 Å². The summed E-state index contributed by atoms with van der Waals surface area (Å²) in [6, 6.07) is 7.73. The maximum absolute atomic E-state index is 14.0. The van der Waals surface area contributed by atoms with Gasteiger partial charge in [-0.3, -0.25) is 0 Å². The molecule has 1 aliphatic heterocycles. The largest absolute Gasteiger partial charge is 0.372 e. The number of nitrogens with two attached hydrogens (primary N) is 1. The van der Waals surface area contributed by atoms with E-state index in [0.29, 0.717) is 5.56 Å². The van der Waals surface area contributed by atoms with E-state index in [4.69, 9.17) is 5.73 Å². The van der Waals surface area contributed by atoms with Crippen LogP contribution in [0.2, 0.25) is 0 Å². The number of alkyl halides is 1. The van der Waals surface area contributed by atoms with Crippen LogP contribution in [0.5, 0.6) is 0 Å². The molecule has 0 bridgehead atoms. The van der Waals surface area contributed by atoms with Crippen molar-refractivity contribution in [1.29, 1.82) is 0 Å². The van der Waals surface area contributed by atoms with Gasteiger partial charge >= 0.3 is 0 Å². The summed E-state index contributed by atoms with van der Waals surface area (Å²) < 4.78 is 14.0. The molecule has 0 aromatic heterocycles. The van der Waals surface area contributed by atoms with E-state index in [9.17, 15) is 4.39 Å². The van der Waals surface area contributed by atoms with Crippen LogP contribution in [0.15, 0.2) is 24.3 Å². The molecule has 1 heterocycles. The first-order valence-electron chi connectivity index (χ1n) is 6.38. The van der Waals surface area contributed by atoms with Gasteiger partial charge in [0.05, 0.1) is 0 Å². The van der Waals surface area contributed by atoms with E-state index in [1.54, 1.807) is 0 Å². The molecular weight excluding hydrogens is 215 g/mol. The van der Waals surface area contributed by atoms with Gasteiger partial charge in [0, 0.05) is 25.3 Å². The molecule has 1 aliphatic rings. The second kappa shape index (κ2) is 5.05. The Kier molecular flexibility index (Phi) is 3.67. The highest BCUT2D eigenvalue weighted by atomic mass is 19.1. The summed E-state index contributed by atoms with van der Waals surface area (Å²) in [5.41, 5.74) is 5.88. The molecule has 0 saturated carbocycles. The molecule has 0 spiro atoms. The maximum Gasteiger partial charge on any atom is 0.145 e. The zero-order valence-corrected chi connectivity index (χ0v) is 10.5. The molecule has 94 valence electrons. The highest BCUT2D eigenvalue weighted by molar-refractivity contribution is 5.48. The van der Waals surface area contributed by atoms with Crippen molar-refractivity contribution in [2.75, 3.05) is 24.5 Å². The van der Waals surface area contributed by atoms with Crippen molar-refractivity contribution in [3.63, 3.8) is 0 Å². The Balaban J connectivity index is 2.12. The van der Waals surface area contributed by atoms with Crippen LogP contribution in [0.3, 0.4) is 0 Å². The number of anilines is 1. The molecule has 2 N–H and O–H groups in total. The van der Waals surface area contributed by atoms with E-state index in [1.807, 2.05) is 24.3 Å². The van der Waals surface area contributed by atoms with Gasteiger partial charge in [-0.25, -0.2) is 4.39 Å². The number of halogens is 1. The minimum Gasteiger partial charge on any atom is -0.372 e. The molecule has 2 nitrogen and oxygen atoms in total. The minimum absolute atomic E-state index is 0.0239. The Morgan fingerprint density at radius 1 is 1.18 bits per heavy atom. The summed E-state index contributed by atoms with van der Waals surface area (Å²) >= 11 is 0. The molecule has 1 aromatic carbocycles. The van der Waals surface area contributed by atoms with Crippen LogP contribution in [0.4, 0.5) is 10.1 Å². The van der Waals surface area contributed by atoms with Crippen molar-refractivity contribution in [1.82, 2.24) is 0 Å². The lowest BCUT2D eigenvalue weighted by Gasteiger charge is -2.29. The highest BCUT2D eigenvalue weighted by Crippen LogP contribution is 2.27. The third-order valence-corrected chi connectivity index (χ3v) is 3.57. The Hall–Kier alpha value is -1.09. The van der Waals surface area contributed by atoms with Crippen molar-refractivity contribution in [2.24, 2.45) is 5.73 Å². The van der Waals surface area contributed by atoms with Gasteiger partial charge < -0.3 is 10.6 Å². The number of hydrogen-bond donors (Lipinski definition) is 1. The molecular formula is C14H21FN2. The molecule has 0 amide bonds. The molecule has 1 atom stereocenters. The second-order valence-electron chi connectivity index (χ2n) is 5.00. The first-order valence-corrected chi connectivity index (χ1v) is 6.38. The Morgan fingerprint density at radius 3 is 2.29 bits per heavy atom. The smallest absolute Gasteiger partial charge is 0.145 e. The molecule has 2 rings (SSSR count). The molecule has 1 aromatic rings. The summed E-state index contributed by atoms with van der Waals surface area (Å²) in [4.78, 5) is 2.37. The molecule has 0 aliphatic carbocycles. The topological polar surface area (TPSA) is 29.3 Å². The quantitative estimate of drug-likeness (QED) is 0.874. The molecule has 3 heteroatoms. The second-order valence-corrected chi connectivity index (χ2v) is 5.00. The lowest BCUT2D eigenvalue weighted by molar-refractivity contribution is 0.203. The maximum atomic E-state index is 14.0. The number of hydrogen-bond acceptors (Lipinski definition) is 2. The number of nitrogens with zero attached hydrogens (tertiary/aromatic N) is 1. The van der Waals surface area contributed by atoms with Crippen LogP contribution in [0.1, 0.15) is 31.7 Å². The Bertz CT molecular complexity index is 353. The third kappa shape index (κ3) is 2.78. The lowest BCUT2D eigenvalue weighted by Crippen LogP contribution is -2.30. The van der Waals surface area contributed by atoms with E-state index in [-0.39, 0.29) is 6.54 Å². The van der Waals surface area contributed by atoms with Crippen molar-refractivity contribution < 1.29 is 4.39 Å². The zero-order chi connectivity index (χ0) is 12.3. The number of rotatable bonds is 3. The third-order valence-electron chi connectivity index (χ3n) is 3.57. The van der Waals surface area contributed by atoms with Crippen LogP contribution in [-0.4, -0.2) is 19.6 Å². The molecule has 1 unspecified atom stereocenters. The van der Waals surface area contributed by atoms with E-state index in [0.717, 1.165) is 13.1 Å². The standard InChI is InChI=1S/C14H21FN2/c1-14(15,11-16)12-5-7-13(8-6-12)17-9-3-2-4-10-17/h5-8H,2-4,9-11,16H2,1H3. The van der Waals surface area contributed by atoms with E-state index >= 15 is 0 Å². The normalized spacial score (nSPS) is 20.1. The average Bonchev–Trinajstić information content (AvgIpc) is 2.40. The van der Waals surface area contributed by atoms with Crippen molar-refractivity contribution in [2.45, 2.75) is 31.9 Å². The number of piperidine rings is 1. The summed E-state index contributed by atoms with van der Waals surface area (Å²) in [6.07, 6.45) is 3.83. The lowest BCUT2D eigenvalue weighted by atomic mass is 9.97. The van der Waals surface area contributed by atoms with Gasteiger partial charge in [-0.15, -0.1) is 0 Å². The first-order chi connectivity index (χ1) is 8.13. The van der Waals surface area contributed by atoms with Crippen LogP contribution in [0, 0.1) is 0 Å². The molecule has 1 saturated heterocycles. The van der Waals surface area contributed by atoms with Gasteiger partial charge in [0.15, 0.2) is 0 Å². The monoisotopic (exact) mass is 236 g/mol. The number of benzene rings is 1. The van der Waals surface area contributed by atoms with Crippen LogP contribution in [-0.2, 0) is 5.67 Å². The SMILES string of the molecule is CC(F)(CN)c1ccc(N2CCCCC2)cc1. The predicted molar refractivity (Wildman–Crippen MR) is 70.0 cm³/mol. The van der Waals surface area contributed by atoms with Gasteiger partial charge in [0.1, 0.15) is 5.67 Å². The highest BCUT2D eigenvalue weighted by Gasteiger charge is 2.23. The fourth-order valence-corrected chi connectivity index (χ4v) is 2.29. The molecule has 17 heavy (non-hydrogen) atoms. The fraction of sp³-hybridized carbons (Fsp3) is 0.571. The zero-order valence-electron chi connectivity index (χ0n) is 10.5. The van der Waals surface area contributed by atoms with Crippen LogP contribution < -0.4 is 10.6 Å². The van der Waals surface area contributed by atoms with Crippen molar-refractivity contribution in [3.8, 4) is 0 Å². The summed E-state index contributed by atoms with van der Waals surface area (Å²) in [5.74, 6) is 0. The Morgan fingerprint density at radius 2 is 1.76 bits per heavy atom. The minimum atomic E-state index is -1.42. The van der Waals surface area contributed by atoms with Gasteiger partial charge in [-0.2, -0.15) is 0 Å². The average molecular weight is 236 g/mol. The summed E-state index contributed by atoms with van der Waals surface area (Å²) in [7, 11) is 0. The fourth-order valence-electron chi connectivity index (χ4n) is 2.29. The molecule has 1 fully saturated rings. The van der Waals surface area contributed by atoms with Gasteiger partial charge in [0.25, 0.3) is 0 Å². The summed E-state index contributed by atoms with van der Waals surface area (Å²) in [6.45, 7) is 3.78. The van der Waals surface area contributed by atoms with E-state index in [1.165, 1.54) is 31.9 Å². The Labute approximate surface area is 103 Å². The molecule has 0 radical (unpaired) electrons. The van der Waals surface area contributed by atoms with Gasteiger partial charge in [0.2, 0.25) is 0 Å². The van der Waals surface area contributed by atoms with E-state index in [2.05, 4.69) is 4.90 Å². The van der Waals surface area contributed by atoms with Gasteiger partial charge in [-0.05, 0) is 43.9 Å². The van der Waals surface area contributed by atoms with Crippen molar-refractivity contribution >= 4 is 5.69 Å². The van der Waals surface area contributed by atoms with Crippen LogP contribution >= 0.6 is 0 Å². The van der Waals surface area contributed by atoms with E-state index < -0.39 is 5.67 Å². The summed E-state index contributed by atoms with van der Waals surface area (Å²) in [5, 5.41) is 0.